The number of alkyl halides is 3. The molecule has 0 saturated carbocycles. The van der Waals surface area contributed by atoms with Crippen molar-refractivity contribution in [3.63, 3.8) is 0 Å². The summed E-state index contributed by atoms with van der Waals surface area (Å²) in [5.41, 5.74) is 2.13. The highest BCUT2D eigenvalue weighted by atomic mass is 35.6. The first-order chi connectivity index (χ1) is 16.4. The summed E-state index contributed by atoms with van der Waals surface area (Å²) in [5, 5.41) is 4.33. The molecule has 0 aromatic heterocycles. The van der Waals surface area contributed by atoms with Gasteiger partial charge in [-0.25, -0.2) is 4.79 Å². The second-order valence-corrected chi connectivity index (χ2v) is 12.5. The van der Waals surface area contributed by atoms with Crippen molar-refractivity contribution in [2.75, 3.05) is 6.54 Å². The molecule has 1 amide bonds. The van der Waals surface area contributed by atoms with E-state index >= 15 is 0 Å². The van der Waals surface area contributed by atoms with Crippen LogP contribution in [-0.4, -0.2) is 38.9 Å². The number of nitrogens with one attached hydrogen (secondary N) is 1. The zero-order valence-corrected chi connectivity index (χ0v) is 22.9. The van der Waals surface area contributed by atoms with Gasteiger partial charge >= 0.3 is 10.1 Å². The Hall–Kier alpha value is -1.48. The Bertz CT molecular complexity index is 987. The molecule has 0 radical (unpaired) electrons. The fraction of sp³-hybridized carbons (Fsp3) is 0.440. The number of benzene rings is 2. The maximum absolute atomic E-state index is 12.9. The minimum Gasteiger partial charge on any atom is -0.396 e. The molecule has 1 fully saturated rings. The third-order valence-corrected chi connectivity index (χ3v) is 6.76. The molecule has 35 heavy (non-hydrogen) atoms. The molecule has 1 aliphatic heterocycles. The van der Waals surface area contributed by atoms with Crippen LogP contribution in [0.3, 0.4) is 0 Å². The van der Waals surface area contributed by atoms with Gasteiger partial charge in [-0.05, 0) is 76.3 Å². The maximum Gasteiger partial charge on any atom is 0.437 e. The molecule has 10 heteroatoms. The van der Waals surface area contributed by atoms with Gasteiger partial charge in [-0.3, -0.25) is 9.63 Å². The highest BCUT2D eigenvalue weighted by Gasteiger charge is 2.36. The van der Waals surface area contributed by atoms with Gasteiger partial charge in [0.15, 0.2) is 0 Å². The summed E-state index contributed by atoms with van der Waals surface area (Å²) in [6.45, 7) is 6.91. The van der Waals surface area contributed by atoms with Crippen LogP contribution in [0.1, 0.15) is 44.7 Å². The molecule has 0 bridgehead atoms. The van der Waals surface area contributed by atoms with Gasteiger partial charge in [0, 0.05) is 11.4 Å². The quantitative estimate of drug-likeness (QED) is 0.244. The molecule has 1 N–H and O–H groups in total. The second-order valence-electron chi connectivity index (χ2n) is 9.29. The van der Waals surface area contributed by atoms with Gasteiger partial charge in [0.2, 0.25) is 5.12 Å². The summed E-state index contributed by atoms with van der Waals surface area (Å²) in [5.74, 6) is 0. The zero-order valence-electron chi connectivity index (χ0n) is 19.8. The lowest BCUT2D eigenvalue weighted by Crippen LogP contribution is -2.53. The van der Waals surface area contributed by atoms with Gasteiger partial charge < -0.3 is 10.1 Å². The molecule has 1 aliphatic rings. The summed E-state index contributed by atoms with van der Waals surface area (Å²) in [6, 6.07) is 16.7. The van der Waals surface area contributed by atoms with Crippen molar-refractivity contribution in [3.05, 3.63) is 65.7 Å². The Kier molecular flexibility index (Phi) is 9.77. The summed E-state index contributed by atoms with van der Waals surface area (Å²) in [6.07, 6.45) is 0.116. The van der Waals surface area contributed by atoms with Crippen molar-refractivity contribution in [1.29, 1.82) is 0 Å². The first kappa shape index (κ1) is 28.1. The van der Waals surface area contributed by atoms with E-state index in [-0.39, 0.29) is 23.2 Å². The molecule has 2 aromatic rings. The van der Waals surface area contributed by atoms with Gasteiger partial charge in [-0.2, -0.15) is 5.06 Å². The van der Waals surface area contributed by atoms with Gasteiger partial charge in [0.05, 0.1) is 12.1 Å². The molecule has 0 spiro atoms. The van der Waals surface area contributed by atoms with Crippen LogP contribution >= 0.6 is 46.6 Å². The van der Waals surface area contributed by atoms with E-state index in [4.69, 9.17) is 44.4 Å². The normalized spacial score (nSPS) is 18.7. The monoisotopic (exact) mass is 558 g/mol. The lowest BCUT2D eigenvalue weighted by molar-refractivity contribution is -0.175. The lowest BCUT2D eigenvalue weighted by atomic mass is 9.87. The van der Waals surface area contributed by atoms with Crippen molar-refractivity contribution in [2.24, 2.45) is 0 Å². The van der Waals surface area contributed by atoms with Crippen LogP contribution in [0.2, 0.25) is 0 Å². The third-order valence-electron chi connectivity index (χ3n) is 5.54. The fourth-order valence-electron chi connectivity index (χ4n) is 3.62. The van der Waals surface area contributed by atoms with Crippen molar-refractivity contribution in [1.82, 2.24) is 10.4 Å². The fourth-order valence-corrected chi connectivity index (χ4v) is 4.67. The van der Waals surface area contributed by atoms with Crippen LogP contribution in [0.5, 0.6) is 0 Å². The van der Waals surface area contributed by atoms with Gasteiger partial charge in [-0.1, -0.05) is 75.0 Å². The lowest BCUT2D eigenvalue weighted by Gasteiger charge is -2.35. The van der Waals surface area contributed by atoms with Crippen molar-refractivity contribution in [2.45, 2.75) is 66.6 Å². The molecule has 1 saturated heterocycles. The Morgan fingerprint density at radius 1 is 1.03 bits per heavy atom. The molecular formula is C25H29Cl3N2O4S. The number of ether oxygens (including phenoxy) is 1. The van der Waals surface area contributed by atoms with E-state index < -0.39 is 16.1 Å². The van der Waals surface area contributed by atoms with E-state index in [0.717, 1.165) is 15.5 Å². The number of nitrogens with zero attached hydrogens (tertiary/aromatic N) is 1. The molecular weight excluding hydrogens is 531 g/mol. The third kappa shape index (κ3) is 8.85. The standard InChI is InChI=1S/C25H29Cl3N2O4S/c1-24(2,3)18-9-12-20(13-10-18)35-22(31)21-14-11-19(15-29-21)30(23(32)34-25(26,27)28)33-16-17-7-5-4-6-8-17/h4-10,12-13,19,21,29H,11,14-16H2,1-3H3/t19-,21+/m1/s1. The van der Waals surface area contributed by atoms with E-state index in [2.05, 4.69) is 38.2 Å². The van der Waals surface area contributed by atoms with E-state index in [1.807, 2.05) is 42.5 Å². The number of piperidine rings is 1. The van der Waals surface area contributed by atoms with Crippen molar-refractivity contribution in [3.8, 4) is 0 Å². The molecule has 2 atom stereocenters. The largest absolute Gasteiger partial charge is 0.437 e. The number of carbonyl (C=O) groups excluding carboxylic acids is 2. The molecule has 2 aromatic carbocycles. The number of thioether (sulfide) groups is 1. The average molecular weight is 560 g/mol. The van der Waals surface area contributed by atoms with Gasteiger partial charge in [0.1, 0.15) is 6.61 Å². The number of amides is 1. The number of hydroxylamine groups is 2. The van der Waals surface area contributed by atoms with Crippen LogP contribution in [0, 0.1) is 0 Å². The van der Waals surface area contributed by atoms with Crippen LogP contribution in [0.25, 0.3) is 0 Å². The van der Waals surface area contributed by atoms with Crippen LogP contribution in [-0.2, 0) is 26.4 Å². The summed E-state index contributed by atoms with van der Waals surface area (Å²) < 4.78 is 2.67. The van der Waals surface area contributed by atoms with Crippen LogP contribution in [0.4, 0.5) is 4.79 Å². The molecule has 1 heterocycles. The second kappa shape index (κ2) is 12.2. The van der Waals surface area contributed by atoms with E-state index in [1.165, 1.54) is 17.3 Å². The maximum atomic E-state index is 12.9. The molecule has 3 rings (SSSR count). The summed E-state index contributed by atoms with van der Waals surface area (Å²) in [4.78, 5) is 32.2. The number of hydrogen-bond acceptors (Lipinski definition) is 6. The highest BCUT2D eigenvalue weighted by Crippen LogP contribution is 2.31. The number of halogens is 3. The summed E-state index contributed by atoms with van der Waals surface area (Å²) in [7, 11) is 0. The van der Waals surface area contributed by atoms with Gasteiger partial charge in [-0.15, -0.1) is 0 Å². The predicted molar refractivity (Wildman–Crippen MR) is 141 cm³/mol. The average Bonchev–Trinajstić information content (AvgIpc) is 2.79. The van der Waals surface area contributed by atoms with Gasteiger partial charge in [0.25, 0.3) is 0 Å². The van der Waals surface area contributed by atoms with Crippen LogP contribution < -0.4 is 5.32 Å². The predicted octanol–water partition coefficient (Wildman–Crippen LogP) is 6.62. The Morgan fingerprint density at radius 2 is 1.69 bits per heavy atom. The number of rotatable bonds is 6. The topological polar surface area (TPSA) is 67.9 Å². The smallest absolute Gasteiger partial charge is 0.396 e. The molecule has 190 valence electrons. The van der Waals surface area contributed by atoms with Crippen LogP contribution in [0.15, 0.2) is 59.5 Å². The Labute approximate surface area is 225 Å². The summed E-state index contributed by atoms with van der Waals surface area (Å²) >= 11 is 18.2. The first-order valence-electron chi connectivity index (χ1n) is 11.2. The van der Waals surface area contributed by atoms with Crippen molar-refractivity contribution < 1.29 is 19.2 Å². The zero-order chi connectivity index (χ0) is 25.6. The highest BCUT2D eigenvalue weighted by molar-refractivity contribution is 8.13. The number of carbonyl (C=O) groups is 2. The first-order valence-corrected chi connectivity index (χ1v) is 13.2. The minimum atomic E-state index is -2.22. The van der Waals surface area contributed by atoms with Crippen molar-refractivity contribution >= 4 is 57.8 Å². The van der Waals surface area contributed by atoms with E-state index in [1.54, 1.807) is 0 Å². The molecule has 6 nitrogen and oxygen atoms in total. The van der Waals surface area contributed by atoms with E-state index in [9.17, 15) is 9.59 Å². The number of hydrogen-bond donors (Lipinski definition) is 1. The Balaban J connectivity index is 1.59. The molecule has 0 unspecified atom stereocenters. The minimum absolute atomic E-state index is 0.0209. The molecule has 0 aliphatic carbocycles. The van der Waals surface area contributed by atoms with E-state index in [0.29, 0.717) is 19.4 Å². The SMILES string of the molecule is CC(C)(C)c1ccc(SC(=O)[C@@H]2CC[C@@H](N(OCc3ccccc3)C(=O)OC(Cl)(Cl)Cl)CN2)cc1. The Morgan fingerprint density at radius 3 is 2.23 bits per heavy atom.